The van der Waals surface area contributed by atoms with Gasteiger partial charge in [0.05, 0.1) is 12.1 Å². The van der Waals surface area contributed by atoms with Gasteiger partial charge in [-0.2, -0.15) is 0 Å². The first-order valence-electron chi connectivity index (χ1n) is 15.8. The second kappa shape index (κ2) is 12.0. The first kappa shape index (κ1) is 32.6. The van der Waals surface area contributed by atoms with Gasteiger partial charge in [-0.3, -0.25) is 24.0 Å². The third-order valence-electron chi connectivity index (χ3n) is 9.73. The van der Waals surface area contributed by atoms with E-state index < -0.39 is 12.3 Å². The summed E-state index contributed by atoms with van der Waals surface area (Å²) in [6.07, 6.45) is 1.50. The molecule has 12 heteroatoms. The largest absolute Gasteiger partial charge is 0.370 e. The minimum absolute atomic E-state index is 0.0381. The highest BCUT2D eigenvalue weighted by Crippen LogP contribution is 2.41. The number of hydrogen-bond acceptors (Lipinski definition) is 8. The van der Waals surface area contributed by atoms with E-state index in [0.717, 1.165) is 52.7 Å². The number of hydrogen-bond donors (Lipinski definition) is 2. The summed E-state index contributed by atoms with van der Waals surface area (Å²) in [6.45, 7) is 17.4. The Morgan fingerprint density at radius 2 is 1.74 bits per heavy atom. The number of halogens is 1. The topological polar surface area (TPSA) is 116 Å². The van der Waals surface area contributed by atoms with Crippen LogP contribution in [0.4, 0.5) is 0 Å². The van der Waals surface area contributed by atoms with Crippen molar-refractivity contribution in [1.29, 1.82) is 0 Å². The van der Waals surface area contributed by atoms with Crippen LogP contribution in [0.5, 0.6) is 0 Å². The highest BCUT2D eigenvalue weighted by molar-refractivity contribution is 7.15. The maximum Gasteiger partial charge on any atom is 0.246 e. The first-order chi connectivity index (χ1) is 21.7. The van der Waals surface area contributed by atoms with Gasteiger partial charge in [0.15, 0.2) is 5.82 Å². The lowest BCUT2D eigenvalue weighted by Gasteiger charge is -2.47. The molecule has 5 heterocycles. The van der Waals surface area contributed by atoms with Crippen molar-refractivity contribution in [1.82, 2.24) is 29.9 Å². The quantitative estimate of drug-likeness (QED) is 0.372. The molecule has 3 aliphatic heterocycles. The minimum Gasteiger partial charge on any atom is -0.370 e. The first-order valence-corrected chi connectivity index (χ1v) is 17.0. The Bertz CT molecular complexity index is 1750. The number of aliphatic hydroxyl groups is 1. The number of aliphatic hydroxyl groups excluding tert-OH is 1. The van der Waals surface area contributed by atoms with Gasteiger partial charge in [0, 0.05) is 58.8 Å². The average Bonchev–Trinajstić information content (AvgIpc) is 3.61. The molecule has 2 unspecified atom stereocenters. The standard InChI is InChI=1S/C34H42ClN7O3S/c1-19-20(2)46-32-28(19)29(22-8-10-23(35)11-9-22)36-25(30-39-38-21(3)42(30)32)17-27(44)40-12-14-41(15-13-40)34(6,7)18-33(4,5)24-16-26(43)37-31(24)45/h8-11,16,25,31,45H,12-15,17-18H2,1-7H3,(H,37,43). The van der Waals surface area contributed by atoms with E-state index in [2.05, 4.69) is 66.5 Å². The molecule has 10 nitrogen and oxygen atoms in total. The molecule has 1 aromatic carbocycles. The summed E-state index contributed by atoms with van der Waals surface area (Å²) >= 11 is 7.94. The van der Waals surface area contributed by atoms with Gasteiger partial charge in [0.1, 0.15) is 23.1 Å². The molecule has 0 bridgehead atoms. The van der Waals surface area contributed by atoms with Gasteiger partial charge in [-0.15, -0.1) is 21.5 Å². The molecule has 0 radical (unpaired) electrons. The summed E-state index contributed by atoms with van der Waals surface area (Å²) in [5, 5.41) is 23.6. The summed E-state index contributed by atoms with van der Waals surface area (Å²) in [4.78, 5) is 36.6. The smallest absolute Gasteiger partial charge is 0.246 e. The zero-order valence-electron chi connectivity index (χ0n) is 27.5. The van der Waals surface area contributed by atoms with Crippen LogP contribution < -0.4 is 5.32 Å². The molecule has 3 aromatic rings. The zero-order valence-corrected chi connectivity index (χ0v) is 29.1. The number of aryl methyl sites for hydroxylation is 2. The second-order valence-electron chi connectivity index (χ2n) is 13.9. The van der Waals surface area contributed by atoms with Gasteiger partial charge in [-0.1, -0.05) is 37.6 Å². The van der Waals surface area contributed by atoms with Gasteiger partial charge < -0.3 is 15.3 Å². The van der Waals surface area contributed by atoms with Crippen molar-refractivity contribution >= 4 is 40.5 Å². The van der Waals surface area contributed by atoms with Crippen molar-refractivity contribution < 1.29 is 14.7 Å². The summed E-state index contributed by atoms with van der Waals surface area (Å²) in [7, 11) is 0. The monoisotopic (exact) mass is 663 g/mol. The Labute approximate surface area is 279 Å². The Kier molecular flexibility index (Phi) is 8.50. The minimum atomic E-state index is -0.951. The third-order valence-corrected chi connectivity index (χ3v) is 11.2. The van der Waals surface area contributed by atoms with E-state index in [1.54, 1.807) is 11.3 Å². The molecule has 0 aliphatic carbocycles. The highest BCUT2D eigenvalue weighted by atomic mass is 35.5. The molecule has 2 atom stereocenters. The number of carbonyl (C=O) groups is 2. The predicted molar refractivity (Wildman–Crippen MR) is 181 cm³/mol. The van der Waals surface area contributed by atoms with Crippen molar-refractivity contribution in [3.63, 3.8) is 0 Å². The molecule has 3 aliphatic rings. The summed E-state index contributed by atoms with van der Waals surface area (Å²) in [5.41, 5.74) is 4.09. The Morgan fingerprint density at radius 3 is 2.37 bits per heavy atom. The number of piperazine rings is 1. The van der Waals surface area contributed by atoms with Crippen LogP contribution in [0, 0.1) is 26.2 Å². The second-order valence-corrected chi connectivity index (χ2v) is 15.5. The lowest BCUT2D eigenvalue weighted by molar-refractivity contribution is -0.134. The van der Waals surface area contributed by atoms with E-state index in [9.17, 15) is 14.7 Å². The molecule has 0 spiro atoms. The molecule has 1 fully saturated rings. The molecule has 2 N–H and O–H groups in total. The van der Waals surface area contributed by atoms with Crippen LogP contribution >= 0.6 is 22.9 Å². The normalized spacial score (nSPS) is 20.5. The fourth-order valence-corrected chi connectivity index (χ4v) is 8.66. The van der Waals surface area contributed by atoms with Crippen molar-refractivity contribution in [3.05, 3.63) is 74.2 Å². The van der Waals surface area contributed by atoms with Gasteiger partial charge in [-0.05, 0) is 69.7 Å². The number of aromatic nitrogens is 3. The van der Waals surface area contributed by atoms with Gasteiger partial charge >= 0.3 is 0 Å². The van der Waals surface area contributed by atoms with E-state index in [4.69, 9.17) is 16.6 Å². The van der Waals surface area contributed by atoms with Crippen LogP contribution in [0.3, 0.4) is 0 Å². The lowest BCUT2D eigenvalue weighted by Crippen LogP contribution is -2.57. The molecule has 244 valence electrons. The van der Waals surface area contributed by atoms with Crippen LogP contribution in [0.15, 0.2) is 40.9 Å². The van der Waals surface area contributed by atoms with E-state index in [-0.39, 0.29) is 29.2 Å². The molecular formula is C34H42ClN7O3S. The van der Waals surface area contributed by atoms with Gasteiger partial charge in [-0.25, -0.2) is 0 Å². The maximum atomic E-state index is 13.9. The lowest BCUT2D eigenvalue weighted by atomic mass is 9.73. The van der Waals surface area contributed by atoms with Crippen LogP contribution in [0.25, 0.3) is 5.00 Å². The molecular weight excluding hydrogens is 622 g/mol. The number of amides is 2. The molecule has 0 saturated carbocycles. The van der Waals surface area contributed by atoms with Crippen molar-refractivity contribution in [2.45, 2.75) is 79.1 Å². The number of rotatable bonds is 7. The number of nitrogens with one attached hydrogen (secondary N) is 1. The number of benzene rings is 1. The average molecular weight is 664 g/mol. The number of thiophene rings is 1. The van der Waals surface area contributed by atoms with Gasteiger partial charge in [0.2, 0.25) is 11.8 Å². The van der Waals surface area contributed by atoms with Crippen molar-refractivity contribution in [2.75, 3.05) is 26.2 Å². The Balaban J connectivity index is 1.22. The Morgan fingerprint density at radius 1 is 1.07 bits per heavy atom. The summed E-state index contributed by atoms with van der Waals surface area (Å²) in [5.74, 6) is 1.22. The number of carbonyl (C=O) groups excluding carboxylic acids is 2. The van der Waals surface area contributed by atoms with E-state index in [1.165, 1.54) is 11.0 Å². The van der Waals surface area contributed by atoms with Crippen LogP contribution in [0.2, 0.25) is 5.02 Å². The van der Waals surface area contributed by atoms with E-state index >= 15 is 0 Å². The fraction of sp³-hybridized carbons (Fsp3) is 0.500. The van der Waals surface area contributed by atoms with Crippen molar-refractivity contribution in [2.24, 2.45) is 10.4 Å². The molecule has 1 saturated heterocycles. The molecule has 6 rings (SSSR count). The number of aliphatic imine (C=N–C) groups is 1. The summed E-state index contributed by atoms with van der Waals surface area (Å²) in [6, 6.07) is 7.20. The van der Waals surface area contributed by atoms with Crippen molar-refractivity contribution in [3.8, 4) is 5.00 Å². The third kappa shape index (κ3) is 5.94. The van der Waals surface area contributed by atoms with E-state index in [0.29, 0.717) is 29.5 Å². The molecule has 2 amide bonds. The Hall–Kier alpha value is -3.38. The molecule has 46 heavy (non-hydrogen) atoms. The fourth-order valence-electron chi connectivity index (χ4n) is 7.32. The van der Waals surface area contributed by atoms with Crippen LogP contribution in [-0.4, -0.2) is 85.1 Å². The number of fused-ring (bicyclic) bond motifs is 3. The highest BCUT2D eigenvalue weighted by Gasteiger charge is 2.41. The maximum absolute atomic E-state index is 13.9. The van der Waals surface area contributed by atoms with E-state index in [1.807, 2.05) is 36.1 Å². The predicted octanol–water partition coefficient (Wildman–Crippen LogP) is 4.90. The number of nitrogens with zero attached hydrogens (tertiary/aromatic N) is 6. The summed E-state index contributed by atoms with van der Waals surface area (Å²) < 4.78 is 2.08. The molecule has 2 aromatic heterocycles. The van der Waals surface area contributed by atoms with Crippen LogP contribution in [0.1, 0.15) is 79.8 Å². The zero-order chi connectivity index (χ0) is 33.1. The van der Waals surface area contributed by atoms with Gasteiger partial charge in [0.25, 0.3) is 0 Å². The van der Waals surface area contributed by atoms with Crippen LogP contribution in [-0.2, 0) is 9.59 Å². The SMILES string of the molecule is Cc1sc2c(c1C)C(c1ccc(Cl)cc1)=NC(CC(=O)N1CCN(C(C)(C)CC(C)(C)C3=CC(=O)NC3O)CC1)c1nnc(C)n1-2.